The maximum Gasteiger partial charge on any atom is 0.251 e. The number of aliphatic hydroxyl groups is 2. The third-order valence-corrected chi connectivity index (χ3v) is 3.76. The molecule has 5 N–H and O–H groups in total. The molecule has 0 aliphatic carbocycles. The number of nitrogens with one attached hydrogen (secondary N) is 1. The molecule has 0 aromatic heterocycles. The first-order chi connectivity index (χ1) is 12.0. The number of hydrogen-bond donors (Lipinski definition) is 4. The van der Waals surface area contributed by atoms with Gasteiger partial charge in [0.1, 0.15) is 11.9 Å². The summed E-state index contributed by atoms with van der Waals surface area (Å²) in [7, 11) is 0. The second-order valence-electron chi connectivity index (χ2n) is 5.75. The Bertz CT molecular complexity index is 671. The van der Waals surface area contributed by atoms with Crippen molar-refractivity contribution in [2.45, 2.75) is 25.5 Å². The number of aliphatic hydroxyl groups excluding tert-OH is 2. The molecule has 6 heteroatoms. The van der Waals surface area contributed by atoms with Crippen LogP contribution in [0.25, 0.3) is 0 Å². The van der Waals surface area contributed by atoms with Gasteiger partial charge in [-0.25, -0.2) is 0 Å². The van der Waals surface area contributed by atoms with Crippen molar-refractivity contribution in [3.05, 3.63) is 59.7 Å². The number of carbonyl (C=O) groups excluding carboxylic acids is 1. The molecule has 1 amide bonds. The highest BCUT2D eigenvalue weighted by molar-refractivity contribution is 5.94. The lowest BCUT2D eigenvalue weighted by molar-refractivity contribution is 0.0703. The number of anilines is 1. The summed E-state index contributed by atoms with van der Waals surface area (Å²) in [6.07, 6.45) is -0.134. The van der Waals surface area contributed by atoms with Crippen LogP contribution in [0.2, 0.25) is 0 Å². The number of benzene rings is 2. The lowest BCUT2D eigenvalue weighted by Gasteiger charge is -2.22. The molecule has 2 unspecified atom stereocenters. The van der Waals surface area contributed by atoms with Gasteiger partial charge in [-0.2, -0.15) is 0 Å². The average molecular weight is 344 g/mol. The van der Waals surface area contributed by atoms with Crippen LogP contribution in [0.5, 0.6) is 5.75 Å². The Morgan fingerprint density at radius 1 is 1.16 bits per heavy atom. The zero-order valence-electron chi connectivity index (χ0n) is 14.2. The van der Waals surface area contributed by atoms with Crippen molar-refractivity contribution >= 4 is 11.6 Å². The molecule has 0 spiro atoms. The molecule has 2 aromatic rings. The van der Waals surface area contributed by atoms with E-state index < -0.39 is 18.8 Å². The van der Waals surface area contributed by atoms with E-state index >= 15 is 0 Å². The maximum absolute atomic E-state index is 12.3. The Morgan fingerprint density at radius 2 is 1.80 bits per heavy atom. The molecule has 6 nitrogen and oxygen atoms in total. The van der Waals surface area contributed by atoms with E-state index in [1.165, 1.54) is 0 Å². The highest BCUT2D eigenvalue weighted by Gasteiger charge is 2.22. The fraction of sp³-hybridized carbons (Fsp3) is 0.316. The summed E-state index contributed by atoms with van der Waals surface area (Å²) in [6.45, 7) is 2.24. The topological polar surface area (TPSA) is 105 Å². The molecule has 134 valence electrons. The second-order valence-corrected chi connectivity index (χ2v) is 5.75. The number of nitrogens with two attached hydrogens (primary N) is 1. The molecule has 0 radical (unpaired) electrons. The first-order valence-corrected chi connectivity index (χ1v) is 8.23. The van der Waals surface area contributed by atoms with Crippen LogP contribution in [0, 0.1) is 0 Å². The third kappa shape index (κ3) is 5.20. The fourth-order valence-corrected chi connectivity index (χ4v) is 2.32. The quantitative estimate of drug-likeness (QED) is 0.547. The van der Waals surface area contributed by atoms with Gasteiger partial charge in [0, 0.05) is 11.3 Å². The van der Waals surface area contributed by atoms with Gasteiger partial charge in [-0.1, -0.05) is 19.1 Å². The Morgan fingerprint density at radius 3 is 2.36 bits per heavy atom. The summed E-state index contributed by atoms with van der Waals surface area (Å²) in [6, 6.07) is 12.5. The van der Waals surface area contributed by atoms with Crippen molar-refractivity contribution in [2.75, 3.05) is 18.9 Å². The predicted octanol–water partition coefficient (Wildman–Crippen LogP) is 1.88. The van der Waals surface area contributed by atoms with Crippen LogP contribution in [-0.4, -0.2) is 35.4 Å². The first kappa shape index (κ1) is 18.8. The minimum atomic E-state index is -1.04. The molecule has 2 atom stereocenters. The summed E-state index contributed by atoms with van der Waals surface area (Å²) < 4.78 is 5.48. The second kappa shape index (κ2) is 9.05. The Kier molecular flexibility index (Phi) is 6.80. The number of ether oxygens (including phenoxy) is 1. The van der Waals surface area contributed by atoms with Gasteiger partial charge in [0.2, 0.25) is 0 Å². The molecule has 0 fully saturated rings. The number of carbonyl (C=O) groups is 1. The van der Waals surface area contributed by atoms with E-state index in [0.29, 0.717) is 29.2 Å². The lowest BCUT2D eigenvalue weighted by Crippen LogP contribution is -2.41. The Hall–Kier alpha value is -2.57. The van der Waals surface area contributed by atoms with Crippen molar-refractivity contribution in [2.24, 2.45) is 0 Å². The van der Waals surface area contributed by atoms with Crippen molar-refractivity contribution in [1.82, 2.24) is 5.32 Å². The predicted molar refractivity (Wildman–Crippen MR) is 96.4 cm³/mol. The molecule has 0 aliphatic heterocycles. The number of amides is 1. The van der Waals surface area contributed by atoms with Crippen LogP contribution in [0.3, 0.4) is 0 Å². The van der Waals surface area contributed by atoms with Gasteiger partial charge in [0.25, 0.3) is 5.91 Å². The highest BCUT2D eigenvalue weighted by Crippen LogP contribution is 2.19. The van der Waals surface area contributed by atoms with E-state index in [1.54, 1.807) is 48.5 Å². The molecular weight excluding hydrogens is 320 g/mol. The Labute approximate surface area is 147 Å². The van der Waals surface area contributed by atoms with E-state index in [4.69, 9.17) is 10.5 Å². The van der Waals surface area contributed by atoms with Gasteiger partial charge in [0.15, 0.2) is 0 Å². The summed E-state index contributed by atoms with van der Waals surface area (Å²) >= 11 is 0. The van der Waals surface area contributed by atoms with Gasteiger partial charge in [-0.15, -0.1) is 0 Å². The standard InChI is InChI=1S/C19H24N2O4/c1-2-11-25-16-9-5-14(6-10-16)19(24)21-17(12-22)18(23)13-3-7-15(20)8-4-13/h3-10,17-18,22-23H,2,11-12,20H2,1H3,(H,21,24). The zero-order valence-corrected chi connectivity index (χ0v) is 14.2. The zero-order chi connectivity index (χ0) is 18.2. The molecule has 0 saturated heterocycles. The molecule has 2 aromatic carbocycles. The van der Waals surface area contributed by atoms with Crippen molar-refractivity contribution in [3.8, 4) is 5.75 Å². The van der Waals surface area contributed by atoms with Gasteiger partial charge >= 0.3 is 0 Å². The van der Waals surface area contributed by atoms with Crippen LogP contribution in [0.1, 0.15) is 35.4 Å². The van der Waals surface area contributed by atoms with E-state index in [2.05, 4.69) is 5.32 Å². The van der Waals surface area contributed by atoms with Crippen LogP contribution >= 0.6 is 0 Å². The molecule has 0 aliphatic rings. The molecule has 25 heavy (non-hydrogen) atoms. The molecule has 0 bridgehead atoms. The van der Waals surface area contributed by atoms with E-state index in [9.17, 15) is 15.0 Å². The van der Waals surface area contributed by atoms with Gasteiger partial charge in [0.05, 0.1) is 19.3 Å². The molecule has 0 saturated carbocycles. The minimum Gasteiger partial charge on any atom is -0.494 e. The van der Waals surface area contributed by atoms with Crippen LogP contribution in [0.15, 0.2) is 48.5 Å². The van der Waals surface area contributed by atoms with Crippen molar-refractivity contribution in [3.63, 3.8) is 0 Å². The number of nitrogen functional groups attached to an aromatic ring is 1. The Balaban J connectivity index is 2.02. The maximum atomic E-state index is 12.3. The van der Waals surface area contributed by atoms with Gasteiger partial charge in [-0.3, -0.25) is 4.79 Å². The largest absolute Gasteiger partial charge is 0.494 e. The monoisotopic (exact) mass is 344 g/mol. The summed E-state index contributed by atoms with van der Waals surface area (Å²) in [5, 5.41) is 22.6. The summed E-state index contributed by atoms with van der Waals surface area (Å²) in [5.41, 5.74) is 7.19. The van der Waals surface area contributed by atoms with E-state index in [0.717, 1.165) is 6.42 Å². The SMILES string of the molecule is CCCOc1ccc(C(=O)NC(CO)C(O)c2ccc(N)cc2)cc1. The molecule has 2 rings (SSSR count). The third-order valence-electron chi connectivity index (χ3n) is 3.76. The normalized spacial score (nSPS) is 13.1. The van der Waals surface area contributed by atoms with E-state index in [-0.39, 0.29) is 5.91 Å². The lowest BCUT2D eigenvalue weighted by atomic mass is 10.0. The minimum absolute atomic E-state index is 0.379. The van der Waals surface area contributed by atoms with Crippen LogP contribution in [0.4, 0.5) is 5.69 Å². The first-order valence-electron chi connectivity index (χ1n) is 8.23. The van der Waals surface area contributed by atoms with Crippen LogP contribution in [-0.2, 0) is 0 Å². The smallest absolute Gasteiger partial charge is 0.251 e. The highest BCUT2D eigenvalue weighted by atomic mass is 16.5. The van der Waals surface area contributed by atoms with E-state index in [1.807, 2.05) is 6.92 Å². The fourth-order valence-electron chi connectivity index (χ4n) is 2.32. The van der Waals surface area contributed by atoms with Crippen molar-refractivity contribution in [1.29, 1.82) is 0 Å². The average Bonchev–Trinajstić information content (AvgIpc) is 2.64. The van der Waals surface area contributed by atoms with Crippen molar-refractivity contribution < 1.29 is 19.7 Å². The number of rotatable bonds is 8. The molecule has 0 heterocycles. The van der Waals surface area contributed by atoms with Crippen LogP contribution < -0.4 is 15.8 Å². The van der Waals surface area contributed by atoms with Gasteiger partial charge in [-0.05, 0) is 48.4 Å². The number of hydrogen-bond acceptors (Lipinski definition) is 5. The molecular formula is C19H24N2O4. The van der Waals surface area contributed by atoms with Gasteiger partial charge < -0.3 is 26.0 Å². The summed E-state index contributed by atoms with van der Waals surface area (Å²) in [4.78, 5) is 12.3. The summed E-state index contributed by atoms with van der Waals surface area (Å²) in [5.74, 6) is 0.314.